The number of nitrogens with zero attached hydrogens (tertiary/aromatic N) is 2. The second-order valence-electron chi connectivity index (χ2n) is 7.42. The number of carbonyl (C=O) groups is 1. The van der Waals surface area contributed by atoms with Crippen LogP contribution in [0.5, 0.6) is 5.75 Å². The summed E-state index contributed by atoms with van der Waals surface area (Å²) in [5, 5.41) is 3.22. The third kappa shape index (κ3) is 6.53. The summed E-state index contributed by atoms with van der Waals surface area (Å²) >= 11 is 0. The molecule has 1 N–H and O–H groups in total. The summed E-state index contributed by atoms with van der Waals surface area (Å²) in [5.41, 5.74) is 1.06. The molecule has 1 fully saturated rings. The van der Waals surface area contributed by atoms with Gasteiger partial charge in [0.1, 0.15) is 5.75 Å². The molecule has 1 heterocycles. The first-order chi connectivity index (χ1) is 15.0. The van der Waals surface area contributed by atoms with Crippen LogP contribution in [0.4, 0.5) is 0 Å². The quantitative estimate of drug-likeness (QED) is 0.606. The second kappa shape index (κ2) is 11.3. The van der Waals surface area contributed by atoms with E-state index in [0.717, 1.165) is 18.7 Å². The van der Waals surface area contributed by atoms with E-state index in [1.807, 2.05) is 37.3 Å². The smallest absolute Gasteiger partial charge is 0.243 e. The van der Waals surface area contributed by atoms with Crippen molar-refractivity contribution in [1.29, 1.82) is 0 Å². The number of amides is 1. The Balaban J connectivity index is 1.73. The van der Waals surface area contributed by atoms with Gasteiger partial charge in [-0.05, 0) is 43.2 Å². The Bertz CT molecular complexity index is 927. The van der Waals surface area contributed by atoms with Crippen LogP contribution in [0.2, 0.25) is 0 Å². The monoisotopic (exact) mass is 445 g/mol. The molecule has 31 heavy (non-hydrogen) atoms. The van der Waals surface area contributed by atoms with Crippen molar-refractivity contribution >= 4 is 15.9 Å². The third-order valence-electron chi connectivity index (χ3n) is 5.31. The largest absolute Gasteiger partial charge is 0.494 e. The van der Waals surface area contributed by atoms with Gasteiger partial charge in [0.2, 0.25) is 15.9 Å². The number of hydrogen-bond acceptors (Lipinski definition) is 5. The molecular weight excluding hydrogens is 414 g/mol. The average Bonchev–Trinajstić information content (AvgIpc) is 2.80. The number of piperazine rings is 1. The lowest BCUT2D eigenvalue weighted by molar-refractivity contribution is -0.131. The Hall–Kier alpha value is -2.42. The fourth-order valence-corrected chi connectivity index (χ4v) is 5.01. The molecule has 168 valence electrons. The van der Waals surface area contributed by atoms with Crippen LogP contribution in [0.1, 0.15) is 18.9 Å². The van der Waals surface area contributed by atoms with E-state index in [1.54, 1.807) is 29.2 Å². The molecule has 0 saturated carbocycles. The van der Waals surface area contributed by atoms with Crippen LogP contribution < -0.4 is 10.1 Å². The van der Waals surface area contributed by atoms with Crippen LogP contribution in [0, 0.1) is 0 Å². The van der Waals surface area contributed by atoms with E-state index in [2.05, 4.69) is 5.32 Å². The van der Waals surface area contributed by atoms with Crippen molar-refractivity contribution in [3.8, 4) is 5.75 Å². The zero-order valence-corrected chi connectivity index (χ0v) is 18.8. The zero-order chi connectivity index (χ0) is 22.1. The Morgan fingerprint density at radius 2 is 1.71 bits per heavy atom. The van der Waals surface area contributed by atoms with E-state index < -0.39 is 10.0 Å². The van der Waals surface area contributed by atoms with Gasteiger partial charge in [0.15, 0.2) is 0 Å². The van der Waals surface area contributed by atoms with Gasteiger partial charge in [0.25, 0.3) is 0 Å². The molecule has 0 radical (unpaired) electrons. The molecule has 1 amide bonds. The number of carbonyl (C=O) groups excluding carboxylic acids is 1. The van der Waals surface area contributed by atoms with Gasteiger partial charge in [-0.2, -0.15) is 4.31 Å². The fraction of sp³-hybridized carbons (Fsp3) is 0.435. The summed E-state index contributed by atoms with van der Waals surface area (Å²) in [6.07, 6.45) is 0.754. The van der Waals surface area contributed by atoms with Crippen LogP contribution in [-0.4, -0.2) is 69.4 Å². The number of rotatable bonds is 10. The molecule has 2 aromatic rings. The number of sulfonamides is 1. The van der Waals surface area contributed by atoms with Gasteiger partial charge >= 0.3 is 0 Å². The minimum absolute atomic E-state index is 0.00638. The molecule has 0 spiro atoms. The van der Waals surface area contributed by atoms with E-state index in [0.29, 0.717) is 38.4 Å². The van der Waals surface area contributed by atoms with Crippen molar-refractivity contribution in [2.24, 2.45) is 0 Å². The Morgan fingerprint density at radius 3 is 2.35 bits per heavy atom. The summed E-state index contributed by atoms with van der Waals surface area (Å²) in [6, 6.07) is 16.2. The third-order valence-corrected chi connectivity index (χ3v) is 7.22. The van der Waals surface area contributed by atoms with Gasteiger partial charge in [-0.25, -0.2) is 8.42 Å². The maximum atomic E-state index is 13.4. The van der Waals surface area contributed by atoms with E-state index in [9.17, 15) is 13.2 Å². The Morgan fingerprint density at radius 1 is 1.03 bits per heavy atom. The van der Waals surface area contributed by atoms with Gasteiger partial charge in [0, 0.05) is 45.7 Å². The van der Waals surface area contributed by atoms with Gasteiger partial charge in [0.05, 0.1) is 11.5 Å². The molecular formula is C23H31N3O4S. The first kappa shape index (κ1) is 23.2. The van der Waals surface area contributed by atoms with Gasteiger partial charge in [-0.1, -0.05) is 30.3 Å². The molecule has 1 aliphatic heterocycles. The summed E-state index contributed by atoms with van der Waals surface area (Å²) in [5.74, 6) is 0.624. The van der Waals surface area contributed by atoms with E-state index >= 15 is 0 Å². The number of ether oxygens (including phenoxy) is 1. The SMILES string of the molecule is CCOc1ccc(S(=O)(=O)N(CCC(=O)N2CCNCC2)CCc2ccccc2)cc1. The lowest BCUT2D eigenvalue weighted by Crippen LogP contribution is -2.47. The fourth-order valence-electron chi connectivity index (χ4n) is 3.57. The van der Waals surface area contributed by atoms with Crippen LogP contribution in [0.3, 0.4) is 0 Å². The summed E-state index contributed by atoms with van der Waals surface area (Å²) < 4.78 is 33.6. The lowest BCUT2D eigenvalue weighted by atomic mass is 10.1. The lowest BCUT2D eigenvalue weighted by Gasteiger charge is -2.29. The van der Waals surface area contributed by atoms with Crippen LogP contribution in [0.15, 0.2) is 59.5 Å². The predicted octanol–water partition coefficient (Wildman–Crippen LogP) is 2.14. The van der Waals surface area contributed by atoms with E-state index in [4.69, 9.17) is 4.74 Å². The molecule has 1 saturated heterocycles. The first-order valence-electron chi connectivity index (χ1n) is 10.8. The highest BCUT2D eigenvalue weighted by molar-refractivity contribution is 7.89. The molecule has 3 rings (SSSR count). The van der Waals surface area contributed by atoms with Gasteiger partial charge in [-0.15, -0.1) is 0 Å². The van der Waals surface area contributed by atoms with Crippen LogP contribution in [0.25, 0.3) is 0 Å². The topological polar surface area (TPSA) is 79.0 Å². The second-order valence-corrected chi connectivity index (χ2v) is 9.36. The van der Waals surface area contributed by atoms with Gasteiger partial charge in [-0.3, -0.25) is 4.79 Å². The standard InChI is InChI=1S/C23H31N3O4S/c1-2-30-21-8-10-22(11-9-21)31(28,29)26(16-12-20-6-4-3-5-7-20)17-13-23(27)25-18-14-24-15-19-25/h3-11,24H,2,12-19H2,1H3. The van der Waals surface area contributed by atoms with Crippen molar-refractivity contribution in [1.82, 2.24) is 14.5 Å². The minimum Gasteiger partial charge on any atom is -0.494 e. The molecule has 0 aromatic heterocycles. The molecule has 2 aromatic carbocycles. The first-order valence-corrected chi connectivity index (χ1v) is 12.2. The predicted molar refractivity (Wildman–Crippen MR) is 121 cm³/mol. The number of hydrogen-bond donors (Lipinski definition) is 1. The molecule has 0 bridgehead atoms. The highest BCUT2D eigenvalue weighted by atomic mass is 32.2. The van der Waals surface area contributed by atoms with E-state index in [1.165, 1.54) is 4.31 Å². The van der Waals surface area contributed by atoms with Crippen molar-refractivity contribution < 1.29 is 17.9 Å². The molecule has 0 unspecified atom stereocenters. The van der Waals surface area contributed by atoms with Crippen LogP contribution >= 0.6 is 0 Å². The molecule has 8 heteroatoms. The maximum absolute atomic E-state index is 13.4. The normalized spacial score (nSPS) is 14.6. The molecule has 0 atom stereocenters. The highest BCUT2D eigenvalue weighted by Gasteiger charge is 2.26. The number of nitrogens with one attached hydrogen (secondary N) is 1. The van der Waals surface area contributed by atoms with Crippen molar-refractivity contribution in [2.45, 2.75) is 24.7 Å². The molecule has 1 aliphatic rings. The van der Waals surface area contributed by atoms with Crippen molar-refractivity contribution in [3.05, 3.63) is 60.2 Å². The summed E-state index contributed by atoms with van der Waals surface area (Å²) in [7, 11) is -3.73. The zero-order valence-electron chi connectivity index (χ0n) is 18.0. The summed E-state index contributed by atoms with van der Waals surface area (Å²) in [4.78, 5) is 14.6. The molecule has 7 nitrogen and oxygen atoms in total. The Kier molecular flexibility index (Phi) is 8.45. The summed E-state index contributed by atoms with van der Waals surface area (Å²) in [6.45, 7) is 5.74. The van der Waals surface area contributed by atoms with Crippen LogP contribution in [-0.2, 0) is 21.2 Å². The average molecular weight is 446 g/mol. The minimum atomic E-state index is -3.73. The van der Waals surface area contributed by atoms with Crippen molar-refractivity contribution in [3.63, 3.8) is 0 Å². The van der Waals surface area contributed by atoms with Crippen molar-refractivity contribution in [2.75, 3.05) is 45.9 Å². The van der Waals surface area contributed by atoms with Gasteiger partial charge < -0.3 is 15.0 Å². The Labute approximate surface area is 185 Å². The maximum Gasteiger partial charge on any atom is 0.243 e. The molecule has 0 aliphatic carbocycles. The van der Waals surface area contributed by atoms with E-state index in [-0.39, 0.29) is 23.8 Å². The highest BCUT2D eigenvalue weighted by Crippen LogP contribution is 2.21. The number of benzene rings is 2.